The second kappa shape index (κ2) is 16.3. The molecule has 12 aromatic rings. The average molecular weight is 961 g/mol. The average Bonchev–Trinajstić information content (AvgIpc) is 3.70. The summed E-state index contributed by atoms with van der Waals surface area (Å²) in [5.74, 6) is 0. The van der Waals surface area contributed by atoms with E-state index in [9.17, 15) is 0 Å². The number of benzene rings is 12. The largest absolute Gasteiger partial charge is 0.341 e. The number of fused-ring (bicyclic) bond motifs is 10. The lowest BCUT2D eigenvalue weighted by Gasteiger charge is -2.39. The van der Waals surface area contributed by atoms with E-state index >= 15 is 0 Å². The van der Waals surface area contributed by atoms with Gasteiger partial charge in [0.1, 0.15) is 0 Å². The Bertz CT molecular complexity index is 4250. The lowest BCUT2D eigenvalue weighted by molar-refractivity contribution is 0.660. The van der Waals surface area contributed by atoms with E-state index in [0.29, 0.717) is 0 Å². The van der Waals surface area contributed by atoms with Crippen molar-refractivity contribution in [3.8, 4) is 44.5 Å². The molecular formula is C71H52N4. The Hall–Kier alpha value is -9.38. The first-order valence-electron chi connectivity index (χ1n) is 26.1. The topological polar surface area (TPSA) is 13.0 Å². The zero-order chi connectivity index (χ0) is 50.1. The number of hydrogen-bond donors (Lipinski definition) is 0. The summed E-state index contributed by atoms with van der Waals surface area (Å²) < 4.78 is 0. The monoisotopic (exact) mass is 960 g/mol. The van der Waals surface area contributed by atoms with Gasteiger partial charge in [0, 0.05) is 30.9 Å². The third-order valence-electron chi connectivity index (χ3n) is 16.7. The third-order valence-corrected chi connectivity index (χ3v) is 16.7. The Balaban J connectivity index is 1.08. The second-order valence-corrected chi connectivity index (χ2v) is 21.0. The van der Waals surface area contributed by atoms with Crippen molar-refractivity contribution in [1.82, 2.24) is 0 Å². The molecule has 0 atom stereocenters. The van der Waals surface area contributed by atoms with Crippen LogP contribution in [0.1, 0.15) is 25.0 Å². The zero-order valence-electron chi connectivity index (χ0n) is 42.4. The second-order valence-electron chi connectivity index (χ2n) is 21.0. The molecule has 0 unspecified atom stereocenters. The van der Waals surface area contributed by atoms with E-state index < -0.39 is 0 Å². The van der Waals surface area contributed by atoms with Gasteiger partial charge in [0.15, 0.2) is 0 Å². The van der Waals surface area contributed by atoms with Gasteiger partial charge in [0.2, 0.25) is 0 Å². The van der Waals surface area contributed by atoms with Gasteiger partial charge < -0.3 is 19.6 Å². The summed E-state index contributed by atoms with van der Waals surface area (Å²) in [5, 5.41) is 7.26. The molecule has 2 aliphatic heterocycles. The minimum Gasteiger partial charge on any atom is -0.341 e. The summed E-state index contributed by atoms with van der Waals surface area (Å²) in [5.41, 5.74) is 23.9. The van der Waals surface area contributed by atoms with E-state index in [1.54, 1.807) is 0 Å². The minimum atomic E-state index is -0.182. The van der Waals surface area contributed by atoms with E-state index in [1.165, 1.54) is 111 Å². The highest BCUT2D eigenvalue weighted by Crippen LogP contribution is 2.57. The maximum atomic E-state index is 2.52. The van der Waals surface area contributed by atoms with Crippen molar-refractivity contribution in [2.45, 2.75) is 19.3 Å². The molecule has 0 saturated carbocycles. The van der Waals surface area contributed by atoms with Crippen LogP contribution in [0.25, 0.3) is 76.8 Å². The fraction of sp³-hybridized carbons (Fsp3) is 0.0704. The van der Waals surface area contributed by atoms with Gasteiger partial charge in [-0.25, -0.2) is 0 Å². The van der Waals surface area contributed by atoms with Crippen LogP contribution in [0.3, 0.4) is 0 Å². The smallest absolute Gasteiger partial charge is 0.0699 e. The van der Waals surface area contributed by atoms with Gasteiger partial charge in [-0.3, -0.25) is 0 Å². The molecule has 0 N–H and O–H groups in total. The Morgan fingerprint density at radius 3 is 1.29 bits per heavy atom. The van der Waals surface area contributed by atoms with Crippen LogP contribution in [0.4, 0.5) is 56.9 Å². The van der Waals surface area contributed by atoms with Crippen LogP contribution in [0.5, 0.6) is 0 Å². The molecule has 2 heterocycles. The van der Waals surface area contributed by atoms with Gasteiger partial charge in [0.25, 0.3) is 0 Å². The van der Waals surface area contributed by atoms with Gasteiger partial charge in [-0.15, -0.1) is 0 Å². The summed E-state index contributed by atoms with van der Waals surface area (Å²) in [4.78, 5) is 9.58. The number of hydrogen-bond acceptors (Lipinski definition) is 4. The maximum absolute atomic E-state index is 2.52. The standard InChI is InChI=1S/C71H52N4/c1-71(2)59-27-10-9-24-52(59)53-39-36-46(42-60(53)71)69-55-40-37-48(75-67-34-17-13-30-63(67)73(4)64-31-14-18-35-68(64)75)44-58(55)70(54-25-8-7-23-51(54)50-26-19-21-45-20-5-6-22-49(45)50)56-41-38-47(43-57(56)69)74-65-32-15-11-28-61(65)72(3)62-29-12-16-33-66(62)74/h5-44H,1-4H3. The van der Waals surface area contributed by atoms with Crippen molar-refractivity contribution in [3.05, 3.63) is 254 Å². The molecule has 12 aromatic carbocycles. The predicted molar refractivity (Wildman–Crippen MR) is 318 cm³/mol. The van der Waals surface area contributed by atoms with Gasteiger partial charge >= 0.3 is 0 Å². The van der Waals surface area contributed by atoms with E-state index in [4.69, 9.17) is 0 Å². The first-order valence-corrected chi connectivity index (χ1v) is 26.1. The molecule has 3 aliphatic rings. The van der Waals surface area contributed by atoms with E-state index in [1.807, 2.05) is 0 Å². The molecule has 0 radical (unpaired) electrons. The molecular weight excluding hydrogens is 909 g/mol. The first kappa shape index (κ1) is 43.2. The summed E-state index contributed by atoms with van der Waals surface area (Å²) in [6.07, 6.45) is 0. The van der Waals surface area contributed by atoms with E-state index in [0.717, 1.165) is 34.1 Å². The minimum absolute atomic E-state index is 0.182. The van der Waals surface area contributed by atoms with Gasteiger partial charge in [-0.1, -0.05) is 178 Å². The molecule has 15 rings (SSSR count). The molecule has 4 heteroatoms. The van der Waals surface area contributed by atoms with E-state index in [-0.39, 0.29) is 5.41 Å². The van der Waals surface area contributed by atoms with Crippen LogP contribution in [-0.4, -0.2) is 14.1 Å². The molecule has 356 valence electrons. The molecule has 0 spiro atoms. The van der Waals surface area contributed by atoms with Crippen LogP contribution < -0.4 is 19.6 Å². The molecule has 0 amide bonds. The molecule has 0 aromatic heterocycles. The summed E-state index contributed by atoms with van der Waals surface area (Å²) in [7, 11) is 4.36. The number of nitrogens with zero attached hydrogens (tertiary/aromatic N) is 4. The summed E-state index contributed by atoms with van der Waals surface area (Å²) >= 11 is 0. The molecule has 0 fully saturated rings. The number of rotatable bonds is 5. The van der Waals surface area contributed by atoms with Crippen LogP contribution in [-0.2, 0) is 5.41 Å². The van der Waals surface area contributed by atoms with Crippen molar-refractivity contribution in [3.63, 3.8) is 0 Å². The Kier molecular flexibility index (Phi) is 9.40. The molecule has 4 nitrogen and oxygen atoms in total. The number of para-hydroxylation sites is 8. The SMILES string of the molecule is CN1c2ccccc2N(c2ccc3c(-c4ccccc4-c4cccc5ccccc45)c4cc(N5c6ccccc6N(C)c6ccccc65)ccc4c(-c4ccc5c(c4)C(C)(C)c4ccccc4-5)c3c2)c2ccccc21. The van der Waals surface area contributed by atoms with Crippen LogP contribution >= 0.6 is 0 Å². The fourth-order valence-electron chi connectivity index (χ4n) is 13.2. The van der Waals surface area contributed by atoms with Crippen molar-refractivity contribution in [2.75, 3.05) is 33.7 Å². The molecule has 1 aliphatic carbocycles. The zero-order valence-corrected chi connectivity index (χ0v) is 42.4. The Labute approximate surface area is 438 Å². The Morgan fingerprint density at radius 1 is 0.280 bits per heavy atom. The third kappa shape index (κ3) is 6.30. The summed E-state index contributed by atoms with van der Waals surface area (Å²) in [6, 6.07) is 90.7. The van der Waals surface area contributed by atoms with Crippen LogP contribution in [0.2, 0.25) is 0 Å². The highest BCUT2D eigenvalue weighted by Gasteiger charge is 2.36. The highest BCUT2D eigenvalue weighted by atomic mass is 15.3. The maximum Gasteiger partial charge on any atom is 0.0699 e. The lowest BCUT2D eigenvalue weighted by atomic mass is 9.80. The summed E-state index contributed by atoms with van der Waals surface area (Å²) in [6.45, 7) is 4.78. The number of anilines is 10. The predicted octanol–water partition coefficient (Wildman–Crippen LogP) is 19.6. The molecule has 0 saturated heterocycles. The quantitative estimate of drug-likeness (QED) is 0.159. The van der Waals surface area contributed by atoms with Crippen LogP contribution in [0.15, 0.2) is 243 Å². The lowest BCUT2D eigenvalue weighted by Crippen LogP contribution is -2.24. The van der Waals surface area contributed by atoms with Crippen molar-refractivity contribution >= 4 is 89.2 Å². The Morgan fingerprint density at radius 2 is 0.707 bits per heavy atom. The van der Waals surface area contributed by atoms with E-state index in [2.05, 4.69) is 290 Å². The molecule has 0 bridgehead atoms. The molecule has 75 heavy (non-hydrogen) atoms. The van der Waals surface area contributed by atoms with Gasteiger partial charge in [-0.2, -0.15) is 0 Å². The van der Waals surface area contributed by atoms with Crippen molar-refractivity contribution in [2.24, 2.45) is 0 Å². The van der Waals surface area contributed by atoms with Gasteiger partial charge in [-0.05, 0) is 167 Å². The van der Waals surface area contributed by atoms with Gasteiger partial charge in [0.05, 0.1) is 45.5 Å². The normalized spacial score (nSPS) is 13.9. The highest BCUT2D eigenvalue weighted by molar-refractivity contribution is 6.24. The first-order chi connectivity index (χ1) is 36.8. The van der Waals surface area contributed by atoms with Crippen LogP contribution in [0, 0.1) is 0 Å². The van der Waals surface area contributed by atoms with Crippen molar-refractivity contribution in [1.29, 1.82) is 0 Å². The van der Waals surface area contributed by atoms with Crippen molar-refractivity contribution < 1.29 is 0 Å². The fourth-order valence-corrected chi connectivity index (χ4v) is 13.2.